The number of carbonyl (C=O) groups excluding carboxylic acids is 2. The Morgan fingerprint density at radius 3 is 1.53 bits per heavy atom. The van der Waals surface area contributed by atoms with E-state index in [1.807, 2.05) is 72.8 Å². The Hall–Kier alpha value is -4.10. The monoisotopic (exact) mass is 542 g/mol. The number of hydrogen-bond donors (Lipinski definition) is 4. The molecule has 38 heavy (non-hydrogen) atoms. The summed E-state index contributed by atoms with van der Waals surface area (Å²) in [7, 11) is 0. The van der Waals surface area contributed by atoms with E-state index in [9.17, 15) is 9.59 Å². The van der Waals surface area contributed by atoms with E-state index < -0.39 is 0 Å². The summed E-state index contributed by atoms with van der Waals surface area (Å²) in [5.74, 6) is 11.2. The maximum absolute atomic E-state index is 11.8. The number of aromatic nitrogens is 4. The van der Waals surface area contributed by atoms with Crippen LogP contribution in [0.3, 0.4) is 0 Å². The summed E-state index contributed by atoms with van der Waals surface area (Å²) in [5, 5.41) is 3.06. The number of amides is 2. The van der Waals surface area contributed by atoms with Crippen LogP contribution in [-0.2, 0) is 9.59 Å². The van der Waals surface area contributed by atoms with Gasteiger partial charge in [0.2, 0.25) is 11.8 Å². The van der Waals surface area contributed by atoms with E-state index in [1.165, 1.54) is 23.5 Å². The van der Waals surface area contributed by atoms with Gasteiger partial charge in [-0.05, 0) is 18.2 Å². The first-order valence-electron chi connectivity index (χ1n) is 11.4. The fourth-order valence-corrected chi connectivity index (χ4v) is 5.38. The Bertz CT molecular complexity index is 1550. The maximum atomic E-state index is 11.8. The van der Waals surface area contributed by atoms with Crippen LogP contribution in [0, 0.1) is 0 Å². The fourth-order valence-electron chi connectivity index (χ4n) is 3.72. The summed E-state index contributed by atoms with van der Waals surface area (Å²) >= 11 is 2.59. The molecule has 12 heteroatoms. The fraction of sp³-hybridized carbons (Fsp3) is 0.0769. The molecule has 0 aliphatic rings. The van der Waals surface area contributed by atoms with Crippen molar-refractivity contribution in [2.75, 3.05) is 11.5 Å². The zero-order valence-electron chi connectivity index (χ0n) is 19.9. The summed E-state index contributed by atoms with van der Waals surface area (Å²) in [6.07, 6.45) is 0. The van der Waals surface area contributed by atoms with Gasteiger partial charge in [-0.15, -0.1) is 0 Å². The van der Waals surface area contributed by atoms with Gasteiger partial charge >= 0.3 is 0 Å². The molecule has 2 amide bonds. The van der Waals surface area contributed by atoms with Crippen molar-refractivity contribution in [2.24, 2.45) is 11.7 Å². The standard InChI is InChI=1S/C26H22N8O2S2/c27-33-21(35)13-37-25-17-8-1-3-10-19(17)29-23(31-25)15-6-5-7-16(12-15)24-30-20-11-4-2-9-18(20)26(32-24)38-14-22(36)34-28/h1-12H,13-14,27-28H2,(H,33,35)(H,34,36). The molecular weight excluding hydrogens is 520 g/mol. The molecule has 3 aromatic carbocycles. The average Bonchev–Trinajstić information content (AvgIpc) is 2.97. The minimum Gasteiger partial charge on any atom is -0.294 e. The third-order valence-corrected chi connectivity index (χ3v) is 7.50. The van der Waals surface area contributed by atoms with Gasteiger partial charge in [0, 0.05) is 21.9 Å². The number of nitrogens with zero attached hydrogens (tertiary/aromatic N) is 4. The smallest absolute Gasteiger partial charge is 0.244 e. The molecule has 10 nitrogen and oxygen atoms in total. The Morgan fingerprint density at radius 2 is 1.08 bits per heavy atom. The molecule has 190 valence electrons. The number of benzene rings is 3. The molecule has 0 spiro atoms. The minimum atomic E-state index is -0.299. The first kappa shape index (κ1) is 25.5. The largest absolute Gasteiger partial charge is 0.294 e. The number of hydrazine groups is 2. The molecule has 2 aromatic heterocycles. The van der Waals surface area contributed by atoms with Crippen molar-refractivity contribution < 1.29 is 9.59 Å². The predicted molar refractivity (Wildman–Crippen MR) is 150 cm³/mol. The van der Waals surface area contributed by atoms with Crippen molar-refractivity contribution in [3.63, 3.8) is 0 Å². The van der Waals surface area contributed by atoms with E-state index >= 15 is 0 Å². The molecule has 5 rings (SSSR count). The number of carbonyl (C=O) groups is 2. The van der Waals surface area contributed by atoms with Crippen molar-refractivity contribution in [1.29, 1.82) is 0 Å². The van der Waals surface area contributed by atoms with Crippen molar-refractivity contribution >= 4 is 57.1 Å². The highest BCUT2D eigenvalue weighted by molar-refractivity contribution is 8.00. The SMILES string of the molecule is NNC(=O)CSc1nc(-c2cccc(-c3nc(SCC(=O)NN)c4ccccc4n3)c2)nc2ccccc12. The predicted octanol–water partition coefficient (Wildman–Crippen LogP) is 3.07. The van der Waals surface area contributed by atoms with Crippen LogP contribution in [0.25, 0.3) is 44.6 Å². The Kier molecular flexibility index (Phi) is 7.75. The summed E-state index contributed by atoms with van der Waals surface area (Å²) in [6.45, 7) is 0. The third-order valence-electron chi connectivity index (χ3n) is 5.52. The molecular formula is C26H22N8O2S2. The zero-order valence-corrected chi connectivity index (χ0v) is 21.6. The quantitative estimate of drug-likeness (QED) is 0.0754. The first-order chi connectivity index (χ1) is 18.6. The summed E-state index contributed by atoms with van der Waals surface area (Å²) in [6, 6.07) is 22.9. The van der Waals surface area contributed by atoms with Gasteiger partial charge in [-0.1, -0.05) is 78.1 Å². The van der Waals surface area contributed by atoms with Crippen LogP contribution < -0.4 is 22.5 Å². The van der Waals surface area contributed by atoms with Gasteiger partial charge in [0.15, 0.2) is 11.6 Å². The number of nitrogens with one attached hydrogen (secondary N) is 2. The Labute approximate surface area is 226 Å². The Morgan fingerprint density at radius 1 is 0.632 bits per heavy atom. The number of hydrogen-bond acceptors (Lipinski definition) is 10. The molecule has 0 bridgehead atoms. The molecule has 0 unspecified atom stereocenters. The second-order valence-corrected chi connectivity index (χ2v) is 9.96. The average molecular weight is 543 g/mol. The number of nitrogens with two attached hydrogens (primary N) is 2. The van der Waals surface area contributed by atoms with E-state index in [4.69, 9.17) is 31.6 Å². The van der Waals surface area contributed by atoms with Gasteiger partial charge in [-0.25, -0.2) is 31.6 Å². The van der Waals surface area contributed by atoms with E-state index in [2.05, 4.69) is 10.9 Å². The molecule has 2 heterocycles. The molecule has 6 N–H and O–H groups in total. The van der Waals surface area contributed by atoms with Gasteiger partial charge in [0.1, 0.15) is 10.1 Å². The van der Waals surface area contributed by atoms with Crippen LogP contribution in [0.4, 0.5) is 0 Å². The molecule has 0 aliphatic heterocycles. The second-order valence-electron chi connectivity index (χ2n) is 8.03. The number of thioether (sulfide) groups is 2. The van der Waals surface area contributed by atoms with Crippen LogP contribution in [0.2, 0.25) is 0 Å². The highest BCUT2D eigenvalue weighted by Gasteiger charge is 2.15. The van der Waals surface area contributed by atoms with Gasteiger partial charge in [0.25, 0.3) is 0 Å². The molecule has 0 radical (unpaired) electrons. The van der Waals surface area contributed by atoms with Gasteiger partial charge in [0.05, 0.1) is 22.5 Å². The van der Waals surface area contributed by atoms with Gasteiger partial charge < -0.3 is 0 Å². The van der Waals surface area contributed by atoms with Crippen LogP contribution in [0.1, 0.15) is 0 Å². The van der Waals surface area contributed by atoms with Crippen molar-refractivity contribution in [2.45, 2.75) is 10.1 Å². The lowest BCUT2D eigenvalue weighted by Crippen LogP contribution is -2.31. The lowest BCUT2D eigenvalue weighted by Gasteiger charge is -2.11. The maximum Gasteiger partial charge on any atom is 0.244 e. The summed E-state index contributed by atoms with van der Waals surface area (Å²) in [5.41, 5.74) is 7.35. The minimum absolute atomic E-state index is 0.130. The lowest BCUT2D eigenvalue weighted by atomic mass is 10.1. The number of para-hydroxylation sites is 2. The summed E-state index contributed by atoms with van der Waals surface area (Å²) < 4.78 is 0. The van der Waals surface area contributed by atoms with E-state index in [0.29, 0.717) is 21.7 Å². The molecule has 0 fully saturated rings. The second kappa shape index (κ2) is 11.5. The molecule has 0 saturated heterocycles. The van der Waals surface area contributed by atoms with Crippen molar-refractivity contribution in [3.05, 3.63) is 72.8 Å². The van der Waals surface area contributed by atoms with Crippen LogP contribution in [-0.4, -0.2) is 43.3 Å². The molecule has 5 aromatic rings. The number of fused-ring (bicyclic) bond motifs is 2. The van der Waals surface area contributed by atoms with Crippen LogP contribution in [0.15, 0.2) is 82.8 Å². The molecule has 0 saturated carbocycles. The van der Waals surface area contributed by atoms with E-state index in [-0.39, 0.29) is 23.3 Å². The van der Waals surface area contributed by atoms with Crippen molar-refractivity contribution in [1.82, 2.24) is 30.8 Å². The lowest BCUT2D eigenvalue weighted by molar-refractivity contribution is -0.119. The number of rotatable bonds is 8. The normalized spacial score (nSPS) is 11.0. The van der Waals surface area contributed by atoms with Crippen molar-refractivity contribution in [3.8, 4) is 22.8 Å². The highest BCUT2D eigenvalue weighted by Crippen LogP contribution is 2.32. The summed E-state index contributed by atoms with van der Waals surface area (Å²) in [4.78, 5) is 42.6. The third kappa shape index (κ3) is 5.58. The van der Waals surface area contributed by atoms with Crippen LogP contribution in [0.5, 0.6) is 0 Å². The molecule has 0 atom stereocenters. The first-order valence-corrected chi connectivity index (χ1v) is 13.4. The van der Waals surface area contributed by atoms with Crippen LogP contribution >= 0.6 is 23.5 Å². The van der Waals surface area contributed by atoms with Gasteiger partial charge in [-0.2, -0.15) is 0 Å². The zero-order chi connectivity index (χ0) is 26.5. The van der Waals surface area contributed by atoms with E-state index in [0.717, 1.165) is 32.9 Å². The van der Waals surface area contributed by atoms with E-state index in [1.54, 1.807) is 0 Å². The highest BCUT2D eigenvalue weighted by atomic mass is 32.2. The van der Waals surface area contributed by atoms with Gasteiger partial charge in [-0.3, -0.25) is 20.4 Å². The Balaban J connectivity index is 1.56. The molecule has 0 aliphatic carbocycles. The topological polar surface area (TPSA) is 162 Å².